The van der Waals surface area contributed by atoms with E-state index in [0.29, 0.717) is 5.69 Å². The number of carbonyl (C=O) groups excluding carboxylic acids is 1. The Labute approximate surface area is 160 Å². The van der Waals surface area contributed by atoms with Crippen LogP contribution < -0.4 is 5.32 Å². The van der Waals surface area contributed by atoms with Crippen LogP contribution in [0.3, 0.4) is 0 Å². The Kier molecular flexibility index (Phi) is 6.06. The second-order valence-electron chi connectivity index (χ2n) is 5.46. The number of amides is 1. The van der Waals surface area contributed by atoms with Crippen molar-refractivity contribution in [2.75, 3.05) is 5.32 Å². The van der Waals surface area contributed by atoms with E-state index in [1.807, 2.05) is 54.6 Å². The molecule has 0 radical (unpaired) electrons. The maximum atomic E-state index is 12.0. The highest BCUT2D eigenvalue weighted by atomic mass is 79.9. The van der Waals surface area contributed by atoms with Crippen LogP contribution in [0.4, 0.5) is 17.1 Å². The van der Waals surface area contributed by atoms with Crippen LogP contribution in [0.2, 0.25) is 0 Å². The van der Waals surface area contributed by atoms with Crippen molar-refractivity contribution in [1.82, 2.24) is 0 Å². The van der Waals surface area contributed by atoms with Gasteiger partial charge in [0.15, 0.2) is 0 Å². The molecule has 1 N–H and O–H groups in total. The summed E-state index contributed by atoms with van der Waals surface area (Å²) in [5.74, 6) is -0.188. The van der Waals surface area contributed by atoms with Gasteiger partial charge in [-0.2, -0.15) is 10.2 Å². The van der Waals surface area contributed by atoms with E-state index in [9.17, 15) is 4.79 Å². The fourth-order valence-electron chi connectivity index (χ4n) is 2.15. The molecule has 0 saturated heterocycles. The molecule has 3 aromatic carbocycles. The summed E-state index contributed by atoms with van der Waals surface area (Å²) >= 11 is 3.38. The molecule has 0 unspecified atom stereocenters. The van der Waals surface area contributed by atoms with E-state index < -0.39 is 0 Å². The Balaban J connectivity index is 1.57. The Morgan fingerprint density at radius 3 is 2.08 bits per heavy atom. The van der Waals surface area contributed by atoms with Crippen molar-refractivity contribution in [3.05, 3.63) is 95.0 Å². The number of halogens is 1. The molecule has 3 aromatic rings. The average Bonchev–Trinajstić information content (AvgIpc) is 2.68. The molecule has 0 spiro atoms. The van der Waals surface area contributed by atoms with Crippen molar-refractivity contribution in [2.24, 2.45) is 10.2 Å². The lowest BCUT2D eigenvalue weighted by atomic mass is 10.2. The molecule has 3 rings (SSSR count). The van der Waals surface area contributed by atoms with Crippen LogP contribution in [-0.4, -0.2) is 5.91 Å². The number of anilines is 1. The summed E-state index contributed by atoms with van der Waals surface area (Å²) < 4.78 is 1.00. The predicted octanol–water partition coefficient (Wildman–Crippen LogP) is 6.52. The molecule has 0 heterocycles. The third kappa shape index (κ3) is 5.50. The topological polar surface area (TPSA) is 53.8 Å². The predicted molar refractivity (Wildman–Crippen MR) is 109 cm³/mol. The second kappa shape index (κ2) is 8.87. The monoisotopic (exact) mass is 405 g/mol. The number of hydrogen-bond acceptors (Lipinski definition) is 3. The third-order valence-corrected chi connectivity index (χ3v) is 4.00. The molecule has 0 saturated carbocycles. The van der Waals surface area contributed by atoms with E-state index in [2.05, 4.69) is 31.5 Å². The van der Waals surface area contributed by atoms with Gasteiger partial charge in [0, 0.05) is 16.2 Å². The number of carbonyl (C=O) groups is 1. The fourth-order valence-corrected chi connectivity index (χ4v) is 2.42. The van der Waals surface area contributed by atoms with Gasteiger partial charge in [-0.15, -0.1) is 0 Å². The molecule has 0 aliphatic heterocycles. The number of rotatable bonds is 5. The lowest BCUT2D eigenvalue weighted by Gasteiger charge is -2.02. The van der Waals surface area contributed by atoms with Crippen molar-refractivity contribution in [1.29, 1.82) is 0 Å². The number of nitrogens with zero attached hydrogens (tertiary/aromatic N) is 2. The summed E-state index contributed by atoms with van der Waals surface area (Å²) in [5.41, 5.74) is 3.18. The van der Waals surface area contributed by atoms with E-state index in [1.54, 1.807) is 30.3 Å². The summed E-state index contributed by atoms with van der Waals surface area (Å²) in [6, 6.07) is 24.5. The number of hydrogen-bond donors (Lipinski definition) is 1. The lowest BCUT2D eigenvalue weighted by molar-refractivity contribution is -0.111. The highest BCUT2D eigenvalue weighted by Crippen LogP contribution is 2.20. The van der Waals surface area contributed by atoms with Gasteiger partial charge in [0.25, 0.3) is 0 Å². The van der Waals surface area contributed by atoms with Gasteiger partial charge < -0.3 is 5.32 Å². The zero-order valence-corrected chi connectivity index (χ0v) is 15.4. The molecule has 0 atom stereocenters. The third-order valence-electron chi connectivity index (χ3n) is 3.47. The van der Waals surface area contributed by atoms with Crippen molar-refractivity contribution < 1.29 is 4.79 Å². The van der Waals surface area contributed by atoms with Crippen LogP contribution >= 0.6 is 15.9 Å². The minimum Gasteiger partial charge on any atom is -0.323 e. The summed E-state index contributed by atoms with van der Waals surface area (Å²) in [4.78, 5) is 12.0. The Morgan fingerprint density at radius 1 is 0.808 bits per heavy atom. The summed E-state index contributed by atoms with van der Waals surface area (Å²) in [6.07, 6.45) is 3.27. The zero-order chi connectivity index (χ0) is 18.2. The van der Waals surface area contributed by atoms with Crippen molar-refractivity contribution in [2.45, 2.75) is 0 Å². The van der Waals surface area contributed by atoms with E-state index in [4.69, 9.17) is 0 Å². The molecule has 0 fully saturated rings. The van der Waals surface area contributed by atoms with Crippen LogP contribution in [0, 0.1) is 0 Å². The van der Waals surface area contributed by atoms with Gasteiger partial charge in [0.05, 0.1) is 11.4 Å². The minimum absolute atomic E-state index is 0.188. The number of azo groups is 1. The largest absolute Gasteiger partial charge is 0.323 e. The first kappa shape index (κ1) is 17.8. The first-order valence-electron chi connectivity index (χ1n) is 8.00. The van der Waals surface area contributed by atoms with Gasteiger partial charge in [-0.25, -0.2) is 0 Å². The van der Waals surface area contributed by atoms with Crippen LogP contribution in [0.15, 0.2) is 99.6 Å². The Morgan fingerprint density at radius 2 is 1.42 bits per heavy atom. The number of nitrogens with one attached hydrogen (secondary N) is 1. The minimum atomic E-state index is -0.188. The van der Waals surface area contributed by atoms with E-state index in [1.165, 1.54) is 6.08 Å². The van der Waals surface area contributed by atoms with Crippen LogP contribution in [0.5, 0.6) is 0 Å². The zero-order valence-electron chi connectivity index (χ0n) is 13.8. The Hall–Kier alpha value is -3.05. The maximum Gasteiger partial charge on any atom is 0.248 e. The van der Waals surface area contributed by atoms with Gasteiger partial charge in [-0.1, -0.05) is 46.3 Å². The van der Waals surface area contributed by atoms with Crippen molar-refractivity contribution in [3.8, 4) is 0 Å². The summed E-state index contributed by atoms with van der Waals surface area (Å²) in [7, 11) is 0. The molecule has 26 heavy (non-hydrogen) atoms. The van der Waals surface area contributed by atoms with Gasteiger partial charge >= 0.3 is 0 Å². The first-order valence-corrected chi connectivity index (χ1v) is 8.80. The quantitative estimate of drug-likeness (QED) is 0.381. The fraction of sp³-hybridized carbons (Fsp3) is 0. The smallest absolute Gasteiger partial charge is 0.248 e. The highest BCUT2D eigenvalue weighted by molar-refractivity contribution is 9.10. The number of benzene rings is 3. The van der Waals surface area contributed by atoms with Gasteiger partial charge in [0.1, 0.15) is 0 Å². The summed E-state index contributed by atoms with van der Waals surface area (Å²) in [5, 5.41) is 11.2. The average molecular weight is 406 g/mol. The SMILES string of the molecule is O=C(/C=C/c1ccc(Br)cc1)Nc1ccc(N=Nc2ccccc2)cc1. The highest BCUT2D eigenvalue weighted by Gasteiger charge is 1.98. The van der Waals surface area contributed by atoms with Crippen LogP contribution in [-0.2, 0) is 4.79 Å². The maximum absolute atomic E-state index is 12.0. The van der Waals surface area contributed by atoms with Crippen molar-refractivity contribution >= 4 is 45.0 Å². The van der Waals surface area contributed by atoms with Crippen molar-refractivity contribution in [3.63, 3.8) is 0 Å². The van der Waals surface area contributed by atoms with Gasteiger partial charge in [-0.3, -0.25) is 4.79 Å². The second-order valence-corrected chi connectivity index (χ2v) is 6.37. The molecule has 5 heteroatoms. The molecular weight excluding hydrogens is 390 g/mol. The molecule has 0 bridgehead atoms. The normalized spacial score (nSPS) is 11.1. The summed E-state index contributed by atoms with van der Waals surface area (Å²) in [6.45, 7) is 0. The molecular formula is C21H16BrN3O. The van der Waals surface area contributed by atoms with Gasteiger partial charge in [0.2, 0.25) is 5.91 Å². The van der Waals surface area contributed by atoms with E-state index >= 15 is 0 Å². The molecule has 128 valence electrons. The van der Waals surface area contributed by atoms with E-state index in [0.717, 1.165) is 21.4 Å². The molecule has 0 aliphatic carbocycles. The molecule has 0 aliphatic rings. The van der Waals surface area contributed by atoms with Crippen LogP contribution in [0.25, 0.3) is 6.08 Å². The first-order chi connectivity index (χ1) is 12.7. The Bertz CT molecular complexity index is 918. The molecule has 0 aromatic heterocycles. The lowest BCUT2D eigenvalue weighted by Crippen LogP contribution is -2.07. The van der Waals surface area contributed by atoms with Gasteiger partial charge in [-0.05, 0) is 60.2 Å². The standard InChI is InChI=1S/C21H16BrN3O/c22-17-9-6-16(7-10-17)8-15-21(26)23-18-11-13-20(14-12-18)25-24-19-4-2-1-3-5-19/h1-15H,(H,23,26)/b15-8+,25-24?. The van der Waals surface area contributed by atoms with E-state index in [-0.39, 0.29) is 5.91 Å². The van der Waals surface area contributed by atoms with Crippen LogP contribution in [0.1, 0.15) is 5.56 Å². The molecule has 1 amide bonds. The molecule has 4 nitrogen and oxygen atoms in total.